The van der Waals surface area contributed by atoms with Gasteiger partial charge in [0, 0.05) is 25.0 Å². The first-order chi connectivity index (χ1) is 11.5. The van der Waals surface area contributed by atoms with E-state index < -0.39 is 0 Å². The maximum atomic E-state index is 12.7. The standard InChI is InChI=1S/C19H27ClN2O2/c1-14(23)21-18(15-9-11-16(20)12-10-15)13-19(24)22(2)17-7-5-3-4-6-8-17/h9-12,17-18H,3-8,13H2,1-2H3,(H,21,23). The lowest BCUT2D eigenvalue weighted by atomic mass is 10.0. The van der Waals surface area contributed by atoms with Crippen LogP contribution in [-0.2, 0) is 9.59 Å². The zero-order valence-corrected chi connectivity index (χ0v) is 15.3. The quantitative estimate of drug-likeness (QED) is 0.813. The van der Waals surface area contributed by atoms with Crippen LogP contribution in [0.1, 0.15) is 63.5 Å². The summed E-state index contributed by atoms with van der Waals surface area (Å²) in [5, 5.41) is 3.53. The molecule has 1 aromatic carbocycles. The number of rotatable bonds is 5. The van der Waals surface area contributed by atoms with Crippen LogP contribution < -0.4 is 5.32 Å². The SMILES string of the molecule is CC(=O)NC(CC(=O)N(C)C1CCCCCC1)c1ccc(Cl)cc1. The third kappa shape index (κ3) is 5.52. The second kappa shape index (κ2) is 9.07. The molecule has 0 spiro atoms. The minimum absolute atomic E-state index is 0.0793. The Labute approximate surface area is 149 Å². The molecule has 5 heteroatoms. The molecule has 0 aliphatic heterocycles. The molecule has 0 aromatic heterocycles. The predicted octanol–water partition coefficient (Wildman–Crippen LogP) is 4.09. The smallest absolute Gasteiger partial charge is 0.224 e. The molecule has 132 valence electrons. The highest BCUT2D eigenvalue weighted by Gasteiger charge is 2.24. The number of carbonyl (C=O) groups excluding carboxylic acids is 2. The summed E-state index contributed by atoms with van der Waals surface area (Å²) in [5.74, 6) is -0.0598. The Morgan fingerprint density at radius 1 is 1.17 bits per heavy atom. The molecule has 1 aliphatic rings. The summed E-state index contributed by atoms with van der Waals surface area (Å²) in [4.78, 5) is 26.2. The van der Waals surface area contributed by atoms with Gasteiger partial charge in [0.15, 0.2) is 0 Å². The Morgan fingerprint density at radius 3 is 2.29 bits per heavy atom. The van der Waals surface area contributed by atoms with Gasteiger partial charge in [-0.05, 0) is 30.5 Å². The van der Waals surface area contributed by atoms with Crippen molar-refractivity contribution >= 4 is 23.4 Å². The van der Waals surface area contributed by atoms with Crippen molar-refractivity contribution in [1.82, 2.24) is 10.2 Å². The first kappa shape index (κ1) is 18.8. The van der Waals surface area contributed by atoms with E-state index in [0.717, 1.165) is 18.4 Å². The van der Waals surface area contributed by atoms with E-state index in [1.807, 2.05) is 24.1 Å². The number of benzene rings is 1. The summed E-state index contributed by atoms with van der Waals surface area (Å²) in [6, 6.07) is 7.30. The van der Waals surface area contributed by atoms with E-state index in [-0.39, 0.29) is 24.3 Å². The van der Waals surface area contributed by atoms with E-state index in [9.17, 15) is 9.59 Å². The number of amides is 2. The van der Waals surface area contributed by atoms with Gasteiger partial charge in [-0.1, -0.05) is 49.4 Å². The summed E-state index contributed by atoms with van der Waals surface area (Å²) < 4.78 is 0. The van der Waals surface area contributed by atoms with Crippen LogP contribution in [-0.4, -0.2) is 29.8 Å². The number of halogens is 1. The third-order valence-electron chi connectivity index (χ3n) is 4.79. The van der Waals surface area contributed by atoms with E-state index in [2.05, 4.69) is 5.32 Å². The van der Waals surface area contributed by atoms with Crippen LogP contribution >= 0.6 is 11.6 Å². The van der Waals surface area contributed by atoms with Gasteiger partial charge in [0.2, 0.25) is 11.8 Å². The largest absolute Gasteiger partial charge is 0.349 e. The van der Waals surface area contributed by atoms with E-state index in [0.29, 0.717) is 11.1 Å². The van der Waals surface area contributed by atoms with Crippen LogP contribution in [0.4, 0.5) is 0 Å². The van der Waals surface area contributed by atoms with Gasteiger partial charge in [0.05, 0.1) is 12.5 Å². The minimum Gasteiger partial charge on any atom is -0.349 e. The second-order valence-corrected chi connectivity index (χ2v) is 7.10. The molecule has 0 saturated heterocycles. The van der Waals surface area contributed by atoms with Gasteiger partial charge in [-0.3, -0.25) is 9.59 Å². The van der Waals surface area contributed by atoms with Crippen LogP contribution in [0, 0.1) is 0 Å². The number of nitrogens with zero attached hydrogens (tertiary/aromatic N) is 1. The van der Waals surface area contributed by atoms with E-state index in [1.165, 1.54) is 32.6 Å². The summed E-state index contributed by atoms with van der Waals surface area (Å²) in [5.41, 5.74) is 0.900. The lowest BCUT2D eigenvalue weighted by molar-refractivity contribution is -0.133. The molecule has 1 aliphatic carbocycles. The molecule has 2 rings (SSSR count). The molecular weight excluding hydrogens is 324 g/mol. The molecule has 1 atom stereocenters. The van der Waals surface area contributed by atoms with Crippen molar-refractivity contribution in [3.63, 3.8) is 0 Å². The van der Waals surface area contributed by atoms with Gasteiger partial charge in [-0.15, -0.1) is 0 Å². The highest BCUT2D eigenvalue weighted by atomic mass is 35.5. The highest BCUT2D eigenvalue weighted by Crippen LogP contribution is 2.24. The van der Waals surface area contributed by atoms with Crippen molar-refractivity contribution in [2.24, 2.45) is 0 Å². The van der Waals surface area contributed by atoms with E-state index >= 15 is 0 Å². The fourth-order valence-electron chi connectivity index (χ4n) is 3.36. The minimum atomic E-state index is -0.319. The van der Waals surface area contributed by atoms with Gasteiger partial charge in [0.1, 0.15) is 0 Å². The van der Waals surface area contributed by atoms with Crippen LogP contribution in [0.25, 0.3) is 0 Å². The zero-order chi connectivity index (χ0) is 17.5. The third-order valence-corrected chi connectivity index (χ3v) is 5.05. The van der Waals surface area contributed by atoms with Crippen molar-refractivity contribution in [3.8, 4) is 0 Å². The molecule has 1 aromatic rings. The van der Waals surface area contributed by atoms with Crippen molar-refractivity contribution in [2.45, 2.75) is 64.0 Å². The summed E-state index contributed by atoms with van der Waals surface area (Å²) in [7, 11) is 1.89. The van der Waals surface area contributed by atoms with Crippen molar-refractivity contribution in [2.75, 3.05) is 7.05 Å². The Morgan fingerprint density at radius 2 is 1.75 bits per heavy atom. The van der Waals surface area contributed by atoms with E-state index in [1.54, 1.807) is 12.1 Å². The number of nitrogens with one attached hydrogen (secondary N) is 1. The summed E-state index contributed by atoms with van der Waals surface area (Å²) in [6.07, 6.45) is 7.33. The van der Waals surface area contributed by atoms with Gasteiger partial charge < -0.3 is 10.2 Å². The molecular formula is C19H27ClN2O2. The molecule has 0 radical (unpaired) electrons. The molecule has 2 amide bonds. The topological polar surface area (TPSA) is 49.4 Å². The van der Waals surface area contributed by atoms with Crippen LogP contribution in [0.2, 0.25) is 5.02 Å². The fraction of sp³-hybridized carbons (Fsp3) is 0.579. The van der Waals surface area contributed by atoms with Crippen LogP contribution in [0.15, 0.2) is 24.3 Å². The average molecular weight is 351 g/mol. The fourth-order valence-corrected chi connectivity index (χ4v) is 3.49. The Hall–Kier alpha value is -1.55. The molecule has 1 saturated carbocycles. The number of hydrogen-bond acceptors (Lipinski definition) is 2. The summed E-state index contributed by atoms with van der Waals surface area (Å²) in [6.45, 7) is 1.47. The lowest BCUT2D eigenvalue weighted by Gasteiger charge is -2.29. The van der Waals surface area contributed by atoms with Crippen molar-refractivity contribution in [3.05, 3.63) is 34.9 Å². The number of carbonyl (C=O) groups is 2. The maximum Gasteiger partial charge on any atom is 0.224 e. The highest BCUT2D eigenvalue weighted by molar-refractivity contribution is 6.30. The second-order valence-electron chi connectivity index (χ2n) is 6.66. The van der Waals surface area contributed by atoms with Gasteiger partial charge in [-0.2, -0.15) is 0 Å². The monoisotopic (exact) mass is 350 g/mol. The Kier molecular flexibility index (Phi) is 7.10. The molecule has 24 heavy (non-hydrogen) atoms. The molecule has 1 N–H and O–H groups in total. The van der Waals surface area contributed by atoms with Crippen molar-refractivity contribution < 1.29 is 9.59 Å². The molecule has 1 fully saturated rings. The Balaban J connectivity index is 2.05. The van der Waals surface area contributed by atoms with E-state index in [4.69, 9.17) is 11.6 Å². The lowest BCUT2D eigenvalue weighted by Crippen LogP contribution is -2.39. The molecule has 4 nitrogen and oxygen atoms in total. The van der Waals surface area contributed by atoms with Crippen LogP contribution in [0.5, 0.6) is 0 Å². The average Bonchev–Trinajstić information content (AvgIpc) is 2.83. The first-order valence-electron chi connectivity index (χ1n) is 8.75. The van der Waals surface area contributed by atoms with Crippen LogP contribution in [0.3, 0.4) is 0 Å². The van der Waals surface area contributed by atoms with Gasteiger partial charge in [-0.25, -0.2) is 0 Å². The van der Waals surface area contributed by atoms with Gasteiger partial charge >= 0.3 is 0 Å². The Bertz CT molecular complexity index is 551. The molecule has 0 heterocycles. The maximum absolute atomic E-state index is 12.7. The van der Waals surface area contributed by atoms with Gasteiger partial charge in [0.25, 0.3) is 0 Å². The molecule has 1 unspecified atom stereocenters. The zero-order valence-electron chi connectivity index (χ0n) is 14.6. The number of hydrogen-bond donors (Lipinski definition) is 1. The molecule has 0 bridgehead atoms. The van der Waals surface area contributed by atoms with Crippen molar-refractivity contribution in [1.29, 1.82) is 0 Å². The summed E-state index contributed by atoms with van der Waals surface area (Å²) >= 11 is 5.93. The predicted molar refractivity (Wildman–Crippen MR) is 96.9 cm³/mol. The first-order valence-corrected chi connectivity index (χ1v) is 9.13. The normalized spacial score (nSPS) is 17.0.